The summed E-state index contributed by atoms with van der Waals surface area (Å²) in [5.41, 5.74) is 1.21. The first-order valence-electron chi connectivity index (χ1n) is 10.7. The van der Waals surface area contributed by atoms with Crippen LogP contribution < -0.4 is 10.1 Å². The summed E-state index contributed by atoms with van der Waals surface area (Å²) in [7, 11) is 0. The molecule has 2 saturated heterocycles. The third-order valence-corrected chi connectivity index (χ3v) is 5.37. The second-order valence-electron chi connectivity index (χ2n) is 7.95. The van der Waals surface area contributed by atoms with E-state index in [2.05, 4.69) is 48.0 Å². The summed E-state index contributed by atoms with van der Waals surface area (Å²) < 4.78 is 11.5. The molecule has 2 aliphatic rings. The Kier molecular flexibility index (Phi) is 7.98. The summed E-state index contributed by atoms with van der Waals surface area (Å²) in [4.78, 5) is 9.82. The molecule has 156 valence electrons. The topological polar surface area (TPSA) is 49.3 Å². The SMILES string of the molecule is CCNC(=NCC(C)Oc1cccc(C)c1)N1CCC(CN2CCOCC2)C1. The van der Waals surface area contributed by atoms with E-state index < -0.39 is 0 Å². The summed E-state index contributed by atoms with van der Waals surface area (Å²) in [6.07, 6.45) is 1.28. The molecule has 6 heteroatoms. The van der Waals surface area contributed by atoms with Crippen LogP contribution in [0.3, 0.4) is 0 Å². The minimum Gasteiger partial charge on any atom is -0.489 e. The van der Waals surface area contributed by atoms with Gasteiger partial charge in [0.1, 0.15) is 11.9 Å². The van der Waals surface area contributed by atoms with Crippen LogP contribution in [0.5, 0.6) is 5.75 Å². The van der Waals surface area contributed by atoms with Gasteiger partial charge in [0.25, 0.3) is 0 Å². The van der Waals surface area contributed by atoms with E-state index in [1.165, 1.54) is 18.5 Å². The molecule has 0 aromatic heterocycles. The first-order chi connectivity index (χ1) is 13.6. The number of likely N-dealkylation sites (tertiary alicyclic amines) is 1. The number of hydrogen-bond acceptors (Lipinski definition) is 4. The smallest absolute Gasteiger partial charge is 0.194 e. The standard InChI is InChI=1S/C22H36N4O2/c1-4-23-22(24-15-19(3)28-21-7-5-6-18(2)14-21)26-9-8-20(17-26)16-25-10-12-27-13-11-25/h5-7,14,19-20H,4,8-13,15-17H2,1-3H3,(H,23,24). The van der Waals surface area contributed by atoms with Crippen LogP contribution in [-0.4, -0.2) is 80.9 Å². The molecule has 2 fully saturated rings. The zero-order valence-electron chi connectivity index (χ0n) is 17.7. The number of hydrogen-bond donors (Lipinski definition) is 1. The number of guanidine groups is 1. The van der Waals surface area contributed by atoms with Gasteiger partial charge in [0, 0.05) is 39.3 Å². The van der Waals surface area contributed by atoms with Gasteiger partial charge in [0.15, 0.2) is 5.96 Å². The van der Waals surface area contributed by atoms with Gasteiger partial charge < -0.3 is 19.7 Å². The van der Waals surface area contributed by atoms with Crippen LogP contribution in [0.15, 0.2) is 29.3 Å². The van der Waals surface area contributed by atoms with Crippen molar-refractivity contribution in [3.8, 4) is 5.75 Å². The van der Waals surface area contributed by atoms with Crippen molar-refractivity contribution in [1.82, 2.24) is 15.1 Å². The maximum atomic E-state index is 6.04. The highest BCUT2D eigenvalue weighted by atomic mass is 16.5. The Bertz CT molecular complexity index is 631. The van der Waals surface area contributed by atoms with Crippen molar-refractivity contribution in [3.05, 3.63) is 29.8 Å². The quantitative estimate of drug-likeness (QED) is 0.574. The summed E-state index contributed by atoms with van der Waals surface area (Å²) in [6, 6.07) is 8.19. The monoisotopic (exact) mass is 388 g/mol. The predicted octanol–water partition coefficient (Wildman–Crippen LogP) is 2.38. The van der Waals surface area contributed by atoms with Gasteiger partial charge in [-0.2, -0.15) is 0 Å². The lowest BCUT2D eigenvalue weighted by atomic mass is 10.1. The lowest BCUT2D eigenvalue weighted by Crippen LogP contribution is -2.42. The van der Waals surface area contributed by atoms with Crippen LogP contribution in [0.1, 0.15) is 25.8 Å². The fraction of sp³-hybridized carbons (Fsp3) is 0.682. The minimum absolute atomic E-state index is 0.0437. The van der Waals surface area contributed by atoms with Crippen molar-refractivity contribution in [2.75, 3.05) is 59.0 Å². The number of rotatable bonds is 7. The van der Waals surface area contributed by atoms with Crippen LogP contribution in [0.25, 0.3) is 0 Å². The first-order valence-corrected chi connectivity index (χ1v) is 10.7. The average molecular weight is 389 g/mol. The molecule has 3 rings (SSSR count). The molecular formula is C22H36N4O2. The van der Waals surface area contributed by atoms with Gasteiger partial charge >= 0.3 is 0 Å². The highest BCUT2D eigenvalue weighted by Gasteiger charge is 2.27. The van der Waals surface area contributed by atoms with E-state index in [-0.39, 0.29) is 6.10 Å². The Morgan fingerprint density at radius 3 is 2.89 bits per heavy atom. The molecule has 1 N–H and O–H groups in total. The fourth-order valence-electron chi connectivity index (χ4n) is 3.92. The predicted molar refractivity (Wildman–Crippen MR) is 114 cm³/mol. The van der Waals surface area contributed by atoms with Gasteiger partial charge in [-0.1, -0.05) is 12.1 Å². The molecule has 0 amide bonds. The molecule has 0 bridgehead atoms. The van der Waals surface area contributed by atoms with E-state index >= 15 is 0 Å². The Balaban J connectivity index is 1.50. The van der Waals surface area contributed by atoms with Gasteiger partial charge in [-0.05, 0) is 50.8 Å². The zero-order valence-corrected chi connectivity index (χ0v) is 17.7. The maximum Gasteiger partial charge on any atom is 0.194 e. The zero-order chi connectivity index (χ0) is 19.8. The molecule has 0 radical (unpaired) electrons. The van der Waals surface area contributed by atoms with E-state index in [0.29, 0.717) is 12.5 Å². The lowest BCUT2D eigenvalue weighted by Gasteiger charge is -2.29. The molecule has 0 aliphatic carbocycles. The van der Waals surface area contributed by atoms with Crippen LogP contribution >= 0.6 is 0 Å². The third kappa shape index (κ3) is 6.38. The number of nitrogens with zero attached hydrogens (tertiary/aromatic N) is 3. The average Bonchev–Trinajstić information content (AvgIpc) is 3.14. The lowest BCUT2D eigenvalue weighted by molar-refractivity contribution is 0.0315. The van der Waals surface area contributed by atoms with Crippen molar-refractivity contribution < 1.29 is 9.47 Å². The molecule has 1 aromatic carbocycles. The second kappa shape index (κ2) is 10.7. The Hall–Kier alpha value is -1.79. The molecule has 0 spiro atoms. The van der Waals surface area contributed by atoms with Gasteiger partial charge in [0.05, 0.1) is 19.8 Å². The highest BCUT2D eigenvalue weighted by molar-refractivity contribution is 5.80. The molecule has 0 saturated carbocycles. The Morgan fingerprint density at radius 1 is 1.32 bits per heavy atom. The van der Waals surface area contributed by atoms with Crippen LogP contribution in [-0.2, 0) is 4.74 Å². The van der Waals surface area contributed by atoms with Crippen LogP contribution in [0.2, 0.25) is 0 Å². The second-order valence-corrected chi connectivity index (χ2v) is 7.95. The van der Waals surface area contributed by atoms with E-state index in [0.717, 1.165) is 57.6 Å². The number of morpholine rings is 1. The highest BCUT2D eigenvalue weighted by Crippen LogP contribution is 2.19. The first kappa shape index (κ1) is 20.9. The van der Waals surface area contributed by atoms with Crippen LogP contribution in [0.4, 0.5) is 0 Å². The van der Waals surface area contributed by atoms with E-state index in [1.54, 1.807) is 0 Å². The molecule has 2 atom stereocenters. The molecular weight excluding hydrogens is 352 g/mol. The van der Waals surface area contributed by atoms with E-state index in [4.69, 9.17) is 14.5 Å². The van der Waals surface area contributed by atoms with Crippen LogP contribution in [0, 0.1) is 12.8 Å². The summed E-state index contributed by atoms with van der Waals surface area (Å²) in [6.45, 7) is 15.0. The Morgan fingerprint density at radius 2 is 2.14 bits per heavy atom. The van der Waals surface area contributed by atoms with Crippen molar-refractivity contribution in [1.29, 1.82) is 0 Å². The van der Waals surface area contributed by atoms with Crippen molar-refractivity contribution in [3.63, 3.8) is 0 Å². The number of nitrogens with one attached hydrogen (secondary N) is 1. The number of ether oxygens (including phenoxy) is 2. The molecule has 1 aromatic rings. The molecule has 2 aliphatic heterocycles. The fourth-order valence-corrected chi connectivity index (χ4v) is 3.92. The van der Waals surface area contributed by atoms with Gasteiger partial charge in [-0.3, -0.25) is 4.90 Å². The molecule has 2 unspecified atom stereocenters. The largest absolute Gasteiger partial charge is 0.489 e. The van der Waals surface area contributed by atoms with E-state index in [1.807, 2.05) is 12.1 Å². The maximum absolute atomic E-state index is 6.04. The van der Waals surface area contributed by atoms with Gasteiger partial charge in [-0.15, -0.1) is 0 Å². The number of aliphatic imine (C=N–C) groups is 1. The number of aryl methyl sites for hydroxylation is 1. The van der Waals surface area contributed by atoms with E-state index in [9.17, 15) is 0 Å². The molecule has 28 heavy (non-hydrogen) atoms. The molecule has 6 nitrogen and oxygen atoms in total. The summed E-state index contributed by atoms with van der Waals surface area (Å²) in [5.74, 6) is 2.65. The van der Waals surface area contributed by atoms with Gasteiger partial charge in [0.2, 0.25) is 0 Å². The van der Waals surface area contributed by atoms with Gasteiger partial charge in [-0.25, -0.2) is 4.99 Å². The summed E-state index contributed by atoms with van der Waals surface area (Å²) >= 11 is 0. The number of benzene rings is 1. The Labute approximate surface area is 169 Å². The van der Waals surface area contributed by atoms with Crippen molar-refractivity contribution in [2.24, 2.45) is 10.9 Å². The summed E-state index contributed by atoms with van der Waals surface area (Å²) in [5, 5.41) is 3.46. The normalized spacial score (nSPS) is 22.3. The van der Waals surface area contributed by atoms with Crippen molar-refractivity contribution in [2.45, 2.75) is 33.3 Å². The van der Waals surface area contributed by atoms with Crippen molar-refractivity contribution >= 4 is 5.96 Å². The minimum atomic E-state index is 0.0437. The third-order valence-electron chi connectivity index (χ3n) is 5.37. The molecule has 2 heterocycles.